The quantitative estimate of drug-likeness (QED) is 0.538. The van der Waals surface area contributed by atoms with Crippen LogP contribution < -0.4 is 0 Å². The molecule has 0 saturated carbocycles. The summed E-state index contributed by atoms with van der Waals surface area (Å²) in [6, 6.07) is 0. The van der Waals surface area contributed by atoms with Gasteiger partial charge in [0.05, 0.1) is 0 Å². The Kier molecular flexibility index (Phi) is 4.46. The van der Waals surface area contributed by atoms with Crippen LogP contribution in [0.1, 0.15) is 40.5 Å². The van der Waals surface area contributed by atoms with E-state index < -0.39 is 17.2 Å². The predicted molar refractivity (Wildman–Crippen MR) is 70.4 cm³/mol. The van der Waals surface area contributed by atoms with Gasteiger partial charge in [0.25, 0.3) is 0 Å². The molecule has 5 nitrogen and oxygen atoms in total. The van der Waals surface area contributed by atoms with Crippen molar-refractivity contribution < 1.29 is 19.1 Å². The number of carbonyl (C=O) groups is 2. The number of likely N-dealkylation sites (tertiary alicyclic amines) is 1. The lowest BCUT2D eigenvalue weighted by Crippen LogP contribution is -2.49. The number of hydrogen-bond acceptors (Lipinski definition) is 4. The van der Waals surface area contributed by atoms with Crippen LogP contribution in [0.25, 0.3) is 0 Å². The first-order valence-electron chi connectivity index (χ1n) is 6.33. The van der Waals surface area contributed by atoms with Crippen molar-refractivity contribution in [2.24, 2.45) is 0 Å². The smallest absolute Gasteiger partial charge is 0.410 e. The molecule has 0 aliphatic carbocycles. The second kappa shape index (κ2) is 5.52. The summed E-state index contributed by atoms with van der Waals surface area (Å²) in [5.41, 5.74) is -1.40. The van der Waals surface area contributed by atoms with E-state index >= 15 is 0 Å². The van der Waals surface area contributed by atoms with Gasteiger partial charge < -0.3 is 14.4 Å². The van der Waals surface area contributed by atoms with Gasteiger partial charge in [-0.05, 0) is 20.8 Å². The highest BCUT2D eigenvalue weighted by atomic mass is 16.6. The molecular weight excluding hydrogens is 246 g/mol. The van der Waals surface area contributed by atoms with Gasteiger partial charge in [0.2, 0.25) is 0 Å². The molecule has 106 valence electrons. The number of carbonyl (C=O) groups excluding carboxylic acids is 2. The fraction of sp³-hybridized carbons (Fsp3) is 0.714. The summed E-state index contributed by atoms with van der Waals surface area (Å²) < 4.78 is 10.5. The van der Waals surface area contributed by atoms with Crippen molar-refractivity contribution in [3.8, 4) is 12.3 Å². The molecule has 0 radical (unpaired) electrons. The van der Waals surface area contributed by atoms with Gasteiger partial charge in [0.1, 0.15) is 5.60 Å². The topological polar surface area (TPSA) is 55.8 Å². The Balaban J connectivity index is 2.59. The Morgan fingerprint density at radius 1 is 1.26 bits per heavy atom. The van der Waals surface area contributed by atoms with Crippen molar-refractivity contribution >= 4 is 12.1 Å². The molecule has 1 saturated heterocycles. The summed E-state index contributed by atoms with van der Waals surface area (Å²) >= 11 is 0. The van der Waals surface area contributed by atoms with Crippen LogP contribution in [0.15, 0.2) is 0 Å². The Labute approximate surface area is 114 Å². The molecule has 0 N–H and O–H groups in total. The SMILES string of the molecule is C#CC1(OC(C)=O)CCN(C(=O)OC(C)(C)C)CC1. The van der Waals surface area contributed by atoms with Gasteiger partial charge in [-0.2, -0.15) is 0 Å². The normalized spacial score (nSPS) is 18.4. The molecule has 0 spiro atoms. The first-order valence-corrected chi connectivity index (χ1v) is 6.33. The van der Waals surface area contributed by atoms with Crippen LogP contribution in [0, 0.1) is 12.3 Å². The second-order valence-corrected chi connectivity index (χ2v) is 5.70. The summed E-state index contributed by atoms with van der Waals surface area (Å²) in [7, 11) is 0. The van der Waals surface area contributed by atoms with Gasteiger partial charge in [-0.1, -0.05) is 5.92 Å². The van der Waals surface area contributed by atoms with Crippen LogP contribution >= 0.6 is 0 Å². The number of rotatable bonds is 1. The highest BCUT2D eigenvalue weighted by molar-refractivity contribution is 5.69. The standard InChI is InChI=1S/C14H21NO4/c1-6-14(18-11(2)16)7-9-15(10-8-14)12(17)19-13(3,4)5/h1H,7-10H2,2-5H3. The van der Waals surface area contributed by atoms with Crippen LogP contribution in [0.5, 0.6) is 0 Å². The van der Waals surface area contributed by atoms with E-state index in [1.165, 1.54) is 6.92 Å². The van der Waals surface area contributed by atoms with Gasteiger partial charge in [-0.25, -0.2) is 4.79 Å². The van der Waals surface area contributed by atoms with Crippen molar-refractivity contribution in [2.45, 2.75) is 51.7 Å². The van der Waals surface area contributed by atoms with E-state index in [4.69, 9.17) is 15.9 Å². The van der Waals surface area contributed by atoms with E-state index in [1.54, 1.807) is 4.90 Å². The first kappa shape index (κ1) is 15.4. The molecule has 1 amide bonds. The molecule has 0 atom stereocenters. The number of amides is 1. The fourth-order valence-corrected chi connectivity index (χ4v) is 1.93. The molecule has 1 aliphatic heterocycles. The molecule has 19 heavy (non-hydrogen) atoms. The summed E-state index contributed by atoms with van der Waals surface area (Å²) in [5.74, 6) is 2.14. The molecule has 1 fully saturated rings. The van der Waals surface area contributed by atoms with E-state index in [2.05, 4.69) is 5.92 Å². The zero-order chi connectivity index (χ0) is 14.7. The molecule has 0 unspecified atom stereocenters. The zero-order valence-electron chi connectivity index (χ0n) is 12.0. The average molecular weight is 267 g/mol. The number of hydrogen-bond donors (Lipinski definition) is 0. The Bertz CT molecular complexity index is 395. The van der Waals surface area contributed by atoms with E-state index in [-0.39, 0.29) is 6.09 Å². The van der Waals surface area contributed by atoms with Gasteiger partial charge in [0.15, 0.2) is 5.60 Å². The number of terminal acetylenes is 1. The van der Waals surface area contributed by atoms with Crippen LogP contribution in [0.3, 0.4) is 0 Å². The summed E-state index contributed by atoms with van der Waals surface area (Å²) in [6.07, 6.45) is 5.95. The lowest BCUT2D eigenvalue weighted by Gasteiger charge is -2.38. The van der Waals surface area contributed by atoms with Gasteiger partial charge >= 0.3 is 12.1 Å². The third kappa shape index (κ3) is 4.47. The van der Waals surface area contributed by atoms with Crippen molar-refractivity contribution in [2.75, 3.05) is 13.1 Å². The summed E-state index contributed by atoms with van der Waals surface area (Å²) in [4.78, 5) is 24.5. The maximum atomic E-state index is 11.9. The molecular formula is C14H21NO4. The van der Waals surface area contributed by atoms with Crippen LogP contribution in [0.2, 0.25) is 0 Å². The fourth-order valence-electron chi connectivity index (χ4n) is 1.93. The number of piperidine rings is 1. The van der Waals surface area contributed by atoms with E-state index in [1.807, 2.05) is 20.8 Å². The van der Waals surface area contributed by atoms with Gasteiger partial charge in [-0.15, -0.1) is 6.42 Å². The van der Waals surface area contributed by atoms with Crippen LogP contribution in [-0.2, 0) is 14.3 Å². The maximum Gasteiger partial charge on any atom is 0.410 e. The maximum absolute atomic E-state index is 11.9. The van der Waals surface area contributed by atoms with E-state index in [0.29, 0.717) is 25.9 Å². The second-order valence-electron chi connectivity index (χ2n) is 5.70. The van der Waals surface area contributed by atoms with E-state index in [9.17, 15) is 9.59 Å². The van der Waals surface area contributed by atoms with E-state index in [0.717, 1.165) is 0 Å². The van der Waals surface area contributed by atoms with Crippen molar-refractivity contribution in [3.63, 3.8) is 0 Å². The van der Waals surface area contributed by atoms with Crippen molar-refractivity contribution in [1.29, 1.82) is 0 Å². The Morgan fingerprint density at radius 2 is 1.79 bits per heavy atom. The van der Waals surface area contributed by atoms with Crippen molar-refractivity contribution in [3.05, 3.63) is 0 Å². The Hall–Kier alpha value is -1.70. The van der Waals surface area contributed by atoms with Crippen LogP contribution in [-0.4, -0.2) is 41.3 Å². The molecule has 1 aliphatic rings. The van der Waals surface area contributed by atoms with Gasteiger partial charge in [0, 0.05) is 32.9 Å². The largest absolute Gasteiger partial charge is 0.446 e. The lowest BCUT2D eigenvalue weighted by molar-refractivity contribution is -0.154. The van der Waals surface area contributed by atoms with Crippen molar-refractivity contribution in [1.82, 2.24) is 4.90 Å². The monoisotopic (exact) mass is 267 g/mol. The van der Waals surface area contributed by atoms with Gasteiger partial charge in [-0.3, -0.25) is 4.79 Å². The minimum atomic E-state index is -0.885. The highest BCUT2D eigenvalue weighted by Gasteiger charge is 2.38. The third-order valence-corrected chi connectivity index (χ3v) is 2.82. The average Bonchev–Trinajstić information content (AvgIpc) is 2.26. The number of nitrogens with zero attached hydrogens (tertiary/aromatic N) is 1. The molecule has 0 aromatic rings. The Morgan fingerprint density at radius 3 is 2.16 bits per heavy atom. The zero-order valence-corrected chi connectivity index (χ0v) is 12.0. The minimum absolute atomic E-state index is 0.360. The summed E-state index contributed by atoms with van der Waals surface area (Å²) in [5, 5.41) is 0. The molecule has 5 heteroatoms. The molecule has 0 bridgehead atoms. The molecule has 1 heterocycles. The third-order valence-electron chi connectivity index (χ3n) is 2.82. The predicted octanol–water partition coefficient (Wildman–Crippen LogP) is 1.95. The number of esters is 1. The highest BCUT2D eigenvalue weighted by Crippen LogP contribution is 2.26. The number of ether oxygens (including phenoxy) is 2. The first-order chi connectivity index (χ1) is 8.67. The molecule has 0 aromatic heterocycles. The summed E-state index contributed by atoms with van der Waals surface area (Å²) in [6.45, 7) is 7.64. The lowest BCUT2D eigenvalue weighted by atomic mass is 9.92. The molecule has 0 aromatic carbocycles. The minimum Gasteiger partial charge on any atom is -0.446 e. The molecule has 1 rings (SSSR count). The van der Waals surface area contributed by atoms with Crippen LogP contribution in [0.4, 0.5) is 4.79 Å².